The van der Waals surface area contributed by atoms with E-state index < -0.39 is 0 Å². The number of rotatable bonds is 3. The van der Waals surface area contributed by atoms with Gasteiger partial charge in [-0.3, -0.25) is 0 Å². The molecule has 1 saturated carbocycles. The maximum atomic E-state index is 9.32. The molecule has 0 bridgehead atoms. The maximum absolute atomic E-state index is 9.32. The second-order valence-electron chi connectivity index (χ2n) is 4.97. The van der Waals surface area contributed by atoms with Crippen LogP contribution in [0.15, 0.2) is 22.7 Å². The summed E-state index contributed by atoms with van der Waals surface area (Å²) in [5, 5.41) is 12.8. The summed E-state index contributed by atoms with van der Waals surface area (Å²) in [5.41, 5.74) is 0.962. The minimum absolute atomic E-state index is 0.0891. The molecule has 1 aliphatic carbocycles. The lowest BCUT2D eigenvalue weighted by molar-refractivity contribution is 0.414. The van der Waals surface area contributed by atoms with Gasteiger partial charge in [0.2, 0.25) is 0 Å². The highest BCUT2D eigenvalue weighted by Crippen LogP contribution is 2.32. The highest BCUT2D eigenvalue weighted by Gasteiger charge is 2.24. The average molecular weight is 323 g/mol. The van der Waals surface area contributed by atoms with Crippen molar-refractivity contribution in [1.29, 1.82) is 5.26 Å². The molecule has 2 atom stereocenters. The number of halogens is 1. The second kappa shape index (κ2) is 6.81. The van der Waals surface area contributed by atoms with Gasteiger partial charge in [0.05, 0.1) is 24.8 Å². The first-order valence-corrected chi connectivity index (χ1v) is 7.53. The normalized spacial score (nSPS) is 23.2. The number of ether oxygens (including phenoxy) is 1. The predicted molar refractivity (Wildman–Crippen MR) is 80.3 cm³/mol. The van der Waals surface area contributed by atoms with Gasteiger partial charge in [0.25, 0.3) is 0 Å². The molecule has 1 fully saturated rings. The van der Waals surface area contributed by atoms with Crippen LogP contribution >= 0.6 is 15.9 Å². The fourth-order valence-corrected chi connectivity index (χ4v) is 2.99. The molecule has 102 valence electrons. The lowest BCUT2D eigenvalue weighted by atomic mass is 9.96. The third-order valence-electron chi connectivity index (χ3n) is 3.68. The molecule has 0 saturated heterocycles. The third kappa shape index (κ3) is 3.63. The summed E-state index contributed by atoms with van der Waals surface area (Å²) >= 11 is 3.48. The van der Waals surface area contributed by atoms with Crippen LogP contribution in [0.2, 0.25) is 0 Å². The summed E-state index contributed by atoms with van der Waals surface area (Å²) < 4.78 is 6.39. The Balaban J connectivity index is 2.18. The molecule has 0 aliphatic heterocycles. The average Bonchev–Trinajstić information content (AvgIpc) is 2.64. The van der Waals surface area contributed by atoms with Gasteiger partial charge in [0.15, 0.2) is 0 Å². The van der Waals surface area contributed by atoms with E-state index in [4.69, 9.17) is 4.74 Å². The Kier molecular flexibility index (Phi) is 5.09. The smallest absolute Gasteiger partial charge is 0.142 e. The fraction of sp³-hybridized carbons (Fsp3) is 0.533. The Morgan fingerprint density at radius 1 is 1.32 bits per heavy atom. The van der Waals surface area contributed by atoms with Crippen LogP contribution in [0.5, 0.6) is 5.75 Å². The fourth-order valence-electron chi connectivity index (χ4n) is 2.63. The zero-order chi connectivity index (χ0) is 13.7. The van der Waals surface area contributed by atoms with Crippen LogP contribution in [0.1, 0.15) is 32.1 Å². The molecule has 2 rings (SSSR count). The van der Waals surface area contributed by atoms with Crippen molar-refractivity contribution in [3.63, 3.8) is 0 Å². The molecule has 0 heterocycles. The van der Waals surface area contributed by atoms with E-state index in [-0.39, 0.29) is 12.0 Å². The van der Waals surface area contributed by atoms with Crippen molar-refractivity contribution in [2.75, 3.05) is 12.4 Å². The number of hydrogen-bond donors (Lipinski definition) is 1. The van der Waals surface area contributed by atoms with E-state index in [2.05, 4.69) is 27.3 Å². The molecule has 19 heavy (non-hydrogen) atoms. The van der Waals surface area contributed by atoms with Crippen LogP contribution in [0.3, 0.4) is 0 Å². The van der Waals surface area contributed by atoms with Crippen molar-refractivity contribution in [3.8, 4) is 11.8 Å². The Morgan fingerprint density at radius 3 is 2.84 bits per heavy atom. The SMILES string of the molecule is COc1ccc(Br)cc1NC1CCCCCC1C#N. The molecular formula is C15H19BrN2O. The second-order valence-corrected chi connectivity index (χ2v) is 5.88. The quantitative estimate of drug-likeness (QED) is 0.842. The summed E-state index contributed by atoms with van der Waals surface area (Å²) in [4.78, 5) is 0. The molecule has 1 aromatic rings. The van der Waals surface area contributed by atoms with Crippen LogP contribution in [-0.2, 0) is 0 Å². The predicted octanol–water partition coefficient (Wildman–Crippen LogP) is 4.34. The first-order valence-electron chi connectivity index (χ1n) is 6.74. The number of hydrogen-bond acceptors (Lipinski definition) is 3. The molecular weight excluding hydrogens is 304 g/mol. The third-order valence-corrected chi connectivity index (χ3v) is 4.18. The minimum Gasteiger partial charge on any atom is -0.495 e. The Bertz CT molecular complexity index is 470. The molecule has 1 aliphatic rings. The molecule has 3 nitrogen and oxygen atoms in total. The number of nitriles is 1. The highest BCUT2D eigenvalue weighted by atomic mass is 79.9. The van der Waals surface area contributed by atoms with Gasteiger partial charge < -0.3 is 10.1 Å². The van der Waals surface area contributed by atoms with Crippen molar-refractivity contribution in [2.45, 2.75) is 38.1 Å². The molecule has 1 N–H and O–H groups in total. The van der Waals surface area contributed by atoms with Crippen LogP contribution in [-0.4, -0.2) is 13.2 Å². The standard InChI is InChI=1S/C15H19BrN2O/c1-19-15-8-7-12(16)9-14(15)18-13-6-4-2-3-5-11(13)10-17/h7-9,11,13,18H,2-6H2,1H3. The first-order chi connectivity index (χ1) is 9.24. The summed E-state index contributed by atoms with van der Waals surface area (Å²) in [6, 6.07) is 8.57. The molecule has 0 amide bonds. The summed E-state index contributed by atoms with van der Waals surface area (Å²) in [6.45, 7) is 0. The first kappa shape index (κ1) is 14.2. The summed E-state index contributed by atoms with van der Waals surface area (Å²) in [5.74, 6) is 0.912. The van der Waals surface area contributed by atoms with E-state index >= 15 is 0 Å². The van der Waals surface area contributed by atoms with E-state index in [1.807, 2.05) is 18.2 Å². The lowest BCUT2D eigenvalue weighted by Gasteiger charge is -2.23. The molecule has 0 aromatic heterocycles. The zero-order valence-electron chi connectivity index (χ0n) is 11.2. The molecule has 4 heteroatoms. The lowest BCUT2D eigenvalue weighted by Crippen LogP contribution is -2.27. The van der Waals surface area contributed by atoms with Crippen LogP contribution in [0.25, 0.3) is 0 Å². The monoisotopic (exact) mass is 322 g/mol. The van der Waals surface area contributed by atoms with Gasteiger partial charge >= 0.3 is 0 Å². The van der Waals surface area contributed by atoms with E-state index in [0.29, 0.717) is 0 Å². The maximum Gasteiger partial charge on any atom is 0.142 e. The van der Waals surface area contributed by atoms with Crippen molar-refractivity contribution < 1.29 is 4.74 Å². The largest absolute Gasteiger partial charge is 0.495 e. The van der Waals surface area contributed by atoms with Gasteiger partial charge in [0.1, 0.15) is 5.75 Å². The Labute approximate surface area is 123 Å². The molecule has 0 radical (unpaired) electrons. The molecule has 0 spiro atoms. The van der Waals surface area contributed by atoms with Crippen molar-refractivity contribution in [2.24, 2.45) is 5.92 Å². The van der Waals surface area contributed by atoms with Crippen LogP contribution in [0, 0.1) is 17.2 Å². The molecule has 2 unspecified atom stereocenters. The topological polar surface area (TPSA) is 45.0 Å². The Morgan fingerprint density at radius 2 is 2.11 bits per heavy atom. The number of methoxy groups -OCH3 is 1. The minimum atomic E-state index is 0.0891. The van der Waals surface area contributed by atoms with Crippen molar-refractivity contribution >= 4 is 21.6 Å². The van der Waals surface area contributed by atoms with Crippen LogP contribution < -0.4 is 10.1 Å². The molecule has 1 aromatic carbocycles. The zero-order valence-corrected chi connectivity index (χ0v) is 12.7. The van der Waals surface area contributed by atoms with Gasteiger partial charge in [-0.2, -0.15) is 5.26 Å². The number of nitrogens with one attached hydrogen (secondary N) is 1. The van der Waals surface area contributed by atoms with Crippen LogP contribution in [0.4, 0.5) is 5.69 Å². The number of benzene rings is 1. The van der Waals surface area contributed by atoms with Gasteiger partial charge in [-0.1, -0.05) is 35.2 Å². The van der Waals surface area contributed by atoms with Gasteiger partial charge in [-0.25, -0.2) is 0 Å². The number of nitrogens with zero attached hydrogens (tertiary/aromatic N) is 1. The Hall–Kier alpha value is -1.21. The van der Waals surface area contributed by atoms with Gasteiger partial charge in [0, 0.05) is 10.5 Å². The van der Waals surface area contributed by atoms with Crippen molar-refractivity contribution in [3.05, 3.63) is 22.7 Å². The van der Waals surface area contributed by atoms with E-state index in [1.165, 1.54) is 12.8 Å². The van der Waals surface area contributed by atoms with Gasteiger partial charge in [-0.15, -0.1) is 0 Å². The number of anilines is 1. The van der Waals surface area contributed by atoms with E-state index in [0.717, 1.165) is 35.2 Å². The van der Waals surface area contributed by atoms with Gasteiger partial charge in [-0.05, 0) is 31.0 Å². The van der Waals surface area contributed by atoms with E-state index in [1.54, 1.807) is 7.11 Å². The summed E-state index contributed by atoms with van der Waals surface area (Å²) in [6.07, 6.45) is 5.61. The van der Waals surface area contributed by atoms with E-state index in [9.17, 15) is 5.26 Å². The van der Waals surface area contributed by atoms with Crippen molar-refractivity contribution in [1.82, 2.24) is 0 Å². The summed E-state index contributed by atoms with van der Waals surface area (Å²) in [7, 11) is 1.67. The highest BCUT2D eigenvalue weighted by molar-refractivity contribution is 9.10.